The third-order valence-electron chi connectivity index (χ3n) is 2.30. The largest absolute Gasteiger partial charge is 0.451 e. The third kappa shape index (κ3) is 3.48. The summed E-state index contributed by atoms with van der Waals surface area (Å²) in [6.07, 6.45) is 3.69. The number of benzene rings is 1. The molecule has 1 N–H and O–H groups in total. The van der Waals surface area contributed by atoms with Gasteiger partial charge in [0, 0.05) is 17.9 Å². The number of nitrogens with one attached hydrogen (secondary N) is 1. The summed E-state index contributed by atoms with van der Waals surface area (Å²) in [5.41, 5.74) is 1.29. The number of aryl methyl sites for hydroxylation is 1. The maximum absolute atomic E-state index is 11.7. The van der Waals surface area contributed by atoms with Gasteiger partial charge in [0.05, 0.1) is 16.4 Å². The molecule has 0 aliphatic heterocycles. The van der Waals surface area contributed by atoms with Crippen LogP contribution in [0.4, 0.5) is 5.69 Å². The lowest BCUT2D eigenvalue weighted by atomic mass is 10.2. The molecular weight excluding hydrogens is 275 g/mol. The fourth-order valence-corrected chi connectivity index (χ4v) is 1.86. The topological polar surface area (TPSA) is 55.1 Å². The van der Waals surface area contributed by atoms with Crippen LogP contribution in [0.1, 0.15) is 12.1 Å². The monoisotopic (exact) mass is 284 g/mol. The van der Waals surface area contributed by atoms with Crippen LogP contribution in [0.15, 0.2) is 35.3 Å². The maximum Gasteiger partial charge on any atom is 0.224 e. The van der Waals surface area contributed by atoms with Crippen LogP contribution >= 0.6 is 23.2 Å². The van der Waals surface area contributed by atoms with Crippen molar-refractivity contribution in [2.75, 3.05) is 5.32 Å². The van der Waals surface area contributed by atoms with Crippen molar-refractivity contribution in [3.8, 4) is 0 Å². The Morgan fingerprint density at radius 1 is 1.39 bits per heavy atom. The highest BCUT2D eigenvalue weighted by Crippen LogP contribution is 2.25. The highest BCUT2D eigenvalue weighted by Gasteiger charge is 2.07. The summed E-state index contributed by atoms with van der Waals surface area (Å²) in [5.74, 6) is -0.137. The number of carbonyl (C=O) groups is 1. The Morgan fingerprint density at radius 3 is 2.89 bits per heavy atom. The van der Waals surface area contributed by atoms with Crippen molar-refractivity contribution in [2.45, 2.75) is 12.8 Å². The molecule has 0 saturated heterocycles. The van der Waals surface area contributed by atoms with Crippen molar-refractivity contribution in [1.82, 2.24) is 4.98 Å². The Balaban J connectivity index is 1.91. The molecule has 0 aliphatic rings. The van der Waals surface area contributed by atoms with Gasteiger partial charge in [0.25, 0.3) is 0 Å². The number of aromatic nitrogens is 1. The van der Waals surface area contributed by atoms with Crippen molar-refractivity contribution in [1.29, 1.82) is 0 Å². The van der Waals surface area contributed by atoms with Crippen LogP contribution in [-0.4, -0.2) is 10.9 Å². The molecule has 1 aromatic heterocycles. The lowest BCUT2D eigenvalue weighted by Crippen LogP contribution is -2.12. The summed E-state index contributed by atoms with van der Waals surface area (Å²) in [4.78, 5) is 15.6. The molecule has 0 fully saturated rings. The van der Waals surface area contributed by atoms with Crippen LogP contribution in [0.25, 0.3) is 0 Å². The Labute approximate surface area is 114 Å². The molecule has 94 valence electrons. The summed E-state index contributed by atoms with van der Waals surface area (Å²) in [6, 6.07) is 4.91. The highest BCUT2D eigenvalue weighted by molar-refractivity contribution is 6.36. The molecular formula is C12H10Cl2N2O2. The first-order valence-corrected chi connectivity index (χ1v) is 6.03. The maximum atomic E-state index is 11.7. The first kappa shape index (κ1) is 12.9. The summed E-state index contributed by atoms with van der Waals surface area (Å²) in [7, 11) is 0. The summed E-state index contributed by atoms with van der Waals surface area (Å²) in [6.45, 7) is 0. The normalized spacial score (nSPS) is 10.3. The Morgan fingerprint density at radius 2 is 2.22 bits per heavy atom. The van der Waals surface area contributed by atoms with E-state index in [1.807, 2.05) is 0 Å². The Kier molecular flexibility index (Phi) is 4.23. The first-order valence-electron chi connectivity index (χ1n) is 5.27. The number of rotatable bonds is 4. The predicted octanol–water partition coefficient (Wildman–Crippen LogP) is 3.55. The Hall–Kier alpha value is -1.52. The van der Waals surface area contributed by atoms with Crippen LogP contribution in [0.3, 0.4) is 0 Å². The minimum atomic E-state index is -0.137. The molecule has 0 radical (unpaired) electrons. The number of oxazole rings is 1. The molecule has 1 amide bonds. The molecule has 0 spiro atoms. The van der Waals surface area contributed by atoms with Gasteiger partial charge in [-0.25, -0.2) is 4.98 Å². The van der Waals surface area contributed by atoms with Gasteiger partial charge in [-0.05, 0) is 18.2 Å². The molecule has 0 bridgehead atoms. The number of hydrogen-bond donors (Lipinski definition) is 1. The van der Waals surface area contributed by atoms with Crippen molar-refractivity contribution in [2.24, 2.45) is 0 Å². The smallest absolute Gasteiger partial charge is 0.224 e. The fourth-order valence-electron chi connectivity index (χ4n) is 1.41. The van der Waals surface area contributed by atoms with E-state index in [1.165, 1.54) is 12.7 Å². The lowest BCUT2D eigenvalue weighted by Gasteiger charge is -2.06. The molecule has 0 atom stereocenters. The van der Waals surface area contributed by atoms with E-state index in [4.69, 9.17) is 27.6 Å². The number of hydrogen-bond acceptors (Lipinski definition) is 3. The second-order valence-corrected chi connectivity index (χ2v) is 4.50. The van der Waals surface area contributed by atoms with Crippen LogP contribution in [0.2, 0.25) is 10.0 Å². The average Bonchev–Trinajstić information content (AvgIpc) is 2.83. The van der Waals surface area contributed by atoms with Crippen LogP contribution in [-0.2, 0) is 11.2 Å². The van der Waals surface area contributed by atoms with E-state index >= 15 is 0 Å². The highest BCUT2D eigenvalue weighted by atomic mass is 35.5. The molecule has 1 aromatic carbocycles. The molecule has 0 aliphatic carbocycles. The van der Waals surface area contributed by atoms with Crippen molar-refractivity contribution < 1.29 is 9.21 Å². The molecule has 2 rings (SSSR count). The SMILES string of the molecule is O=C(CCc1cocn1)Nc1ccc(Cl)cc1Cl. The van der Waals surface area contributed by atoms with Crippen LogP contribution in [0.5, 0.6) is 0 Å². The standard InChI is InChI=1S/C12H10Cl2N2O2/c13-8-1-3-11(10(14)5-8)16-12(17)4-2-9-6-18-7-15-9/h1,3,5-7H,2,4H2,(H,16,17). The van der Waals surface area contributed by atoms with Gasteiger partial charge in [-0.1, -0.05) is 23.2 Å². The van der Waals surface area contributed by atoms with Gasteiger partial charge in [0.2, 0.25) is 5.91 Å². The zero-order valence-electron chi connectivity index (χ0n) is 9.32. The van der Waals surface area contributed by atoms with Crippen LogP contribution in [0, 0.1) is 0 Å². The van der Waals surface area contributed by atoms with E-state index in [0.717, 1.165) is 5.69 Å². The number of anilines is 1. The molecule has 4 nitrogen and oxygen atoms in total. The van der Waals surface area contributed by atoms with Gasteiger partial charge in [-0.15, -0.1) is 0 Å². The zero-order chi connectivity index (χ0) is 13.0. The lowest BCUT2D eigenvalue weighted by molar-refractivity contribution is -0.116. The zero-order valence-corrected chi connectivity index (χ0v) is 10.8. The second-order valence-electron chi connectivity index (χ2n) is 3.65. The van der Waals surface area contributed by atoms with Gasteiger partial charge in [0.15, 0.2) is 6.39 Å². The number of carbonyl (C=O) groups excluding carboxylic acids is 1. The fraction of sp³-hybridized carbons (Fsp3) is 0.167. The minimum absolute atomic E-state index is 0.137. The van der Waals surface area contributed by atoms with Gasteiger partial charge < -0.3 is 9.73 Å². The van der Waals surface area contributed by atoms with E-state index in [1.54, 1.807) is 18.2 Å². The number of amides is 1. The van der Waals surface area contributed by atoms with Gasteiger partial charge >= 0.3 is 0 Å². The van der Waals surface area contributed by atoms with Crippen molar-refractivity contribution in [3.05, 3.63) is 46.6 Å². The summed E-state index contributed by atoms with van der Waals surface area (Å²) >= 11 is 11.7. The third-order valence-corrected chi connectivity index (χ3v) is 2.84. The number of halogens is 2. The summed E-state index contributed by atoms with van der Waals surface area (Å²) in [5, 5.41) is 3.65. The van der Waals surface area contributed by atoms with E-state index in [-0.39, 0.29) is 5.91 Å². The first-order chi connectivity index (χ1) is 8.65. The van der Waals surface area contributed by atoms with E-state index in [2.05, 4.69) is 10.3 Å². The minimum Gasteiger partial charge on any atom is -0.451 e. The van der Waals surface area contributed by atoms with Crippen molar-refractivity contribution >= 4 is 34.8 Å². The van der Waals surface area contributed by atoms with Gasteiger partial charge in [0.1, 0.15) is 6.26 Å². The van der Waals surface area contributed by atoms with E-state index in [0.29, 0.717) is 28.6 Å². The second kappa shape index (κ2) is 5.89. The van der Waals surface area contributed by atoms with Gasteiger partial charge in [-0.3, -0.25) is 4.79 Å². The molecule has 2 aromatic rings. The predicted molar refractivity (Wildman–Crippen MR) is 69.9 cm³/mol. The molecule has 18 heavy (non-hydrogen) atoms. The van der Waals surface area contributed by atoms with E-state index < -0.39 is 0 Å². The van der Waals surface area contributed by atoms with Gasteiger partial charge in [-0.2, -0.15) is 0 Å². The van der Waals surface area contributed by atoms with Crippen LogP contribution < -0.4 is 5.32 Å². The molecule has 0 saturated carbocycles. The summed E-state index contributed by atoms with van der Waals surface area (Å²) < 4.78 is 4.82. The molecule has 1 heterocycles. The average molecular weight is 285 g/mol. The quantitative estimate of drug-likeness (QED) is 0.934. The molecule has 0 unspecified atom stereocenters. The van der Waals surface area contributed by atoms with E-state index in [9.17, 15) is 4.79 Å². The molecule has 6 heteroatoms. The Bertz CT molecular complexity index is 541. The number of nitrogens with zero attached hydrogens (tertiary/aromatic N) is 1. The van der Waals surface area contributed by atoms with Crippen molar-refractivity contribution in [3.63, 3.8) is 0 Å².